The predicted octanol–water partition coefficient (Wildman–Crippen LogP) is 5.08. The van der Waals surface area contributed by atoms with Crippen molar-refractivity contribution in [3.63, 3.8) is 0 Å². The van der Waals surface area contributed by atoms with E-state index in [0.29, 0.717) is 23.2 Å². The first-order valence-corrected chi connectivity index (χ1v) is 10.0. The number of nitrogens with zero attached hydrogens (tertiary/aromatic N) is 3. The number of hydrogen-bond donors (Lipinski definition) is 0. The maximum absolute atomic E-state index is 12.8. The first-order valence-electron chi connectivity index (χ1n) is 9.64. The van der Waals surface area contributed by atoms with Gasteiger partial charge in [0, 0.05) is 18.5 Å². The van der Waals surface area contributed by atoms with E-state index in [1.54, 1.807) is 6.07 Å². The molecule has 144 valence electrons. The third-order valence-electron chi connectivity index (χ3n) is 5.11. The van der Waals surface area contributed by atoms with Gasteiger partial charge in [0.25, 0.3) is 0 Å². The molecule has 1 atom stereocenters. The number of aryl methyl sites for hydroxylation is 1. The molecule has 1 aromatic heterocycles. The number of hydrogen-bond acceptors (Lipinski definition) is 4. The fourth-order valence-corrected chi connectivity index (χ4v) is 3.90. The van der Waals surface area contributed by atoms with Crippen molar-refractivity contribution in [2.24, 2.45) is 0 Å². The topological polar surface area (TPSA) is 59.2 Å². The van der Waals surface area contributed by atoms with Crippen LogP contribution in [0, 0.1) is 0 Å². The van der Waals surface area contributed by atoms with Gasteiger partial charge in [0.05, 0.1) is 5.02 Å². The number of amides is 1. The SMILES string of the molecule is O=C(CCCc1ccccc1)N1CCC[C@@H]1c1nc(-c2ccccc2Cl)no1. The Morgan fingerprint density at radius 3 is 2.75 bits per heavy atom. The van der Waals surface area contributed by atoms with Crippen LogP contribution in [-0.4, -0.2) is 27.5 Å². The lowest BCUT2D eigenvalue weighted by molar-refractivity contribution is -0.132. The summed E-state index contributed by atoms with van der Waals surface area (Å²) in [5, 5.41) is 4.66. The fraction of sp³-hybridized carbons (Fsp3) is 0.318. The van der Waals surface area contributed by atoms with E-state index >= 15 is 0 Å². The van der Waals surface area contributed by atoms with Crippen molar-refractivity contribution in [1.82, 2.24) is 15.0 Å². The van der Waals surface area contributed by atoms with Gasteiger partial charge in [0.15, 0.2) is 0 Å². The molecule has 1 aliphatic rings. The molecule has 0 saturated carbocycles. The Morgan fingerprint density at radius 1 is 1.14 bits per heavy atom. The second-order valence-electron chi connectivity index (χ2n) is 7.02. The Morgan fingerprint density at radius 2 is 1.93 bits per heavy atom. The van der Waals surface area contributed by atoms with Crippen LogP contribution in [0.2, 0.25) is 5.02 Å². The molecule has 0 radical (unpaired) electrons. The van der Waals surface area contributed by atoms with Gasteiger partial charge in [0.1, 0.15) is 6.04 Å². The van der Waals surface area contributed by atoms with Gasteiger partial charge in [-0.25, -0.2) is 0 Å². The highest BCUT2D eigenvalue weighted by Crippen LogP contribution is 2.33. The zero-order valence-corrected chi connectivity index (χ0v) is 16.3. The third kappa shape index (κ3) is 4.09. The Bertz CT molecular complexity index is 942. The molecule has 5 nitrogen and oxygen atoms in total. The van der Waals surface area contributed by atoms with Crippen LogP contribution in [0.25, 0.3) is 11.4 Å². The van der Waals surface area contributed by atoms with E-state index in [0.717, 1.165) is 37.8 Å². The highest BCUT2D eigenvalue weighted by molar-refractivity contribution is 6.33. The van der Waals surface area contributed by atoms with Crippen LogP contribution in [0.4, 0.5) is 0 Å². The Labute approximate surface area is 169 Å². The molecule has 0 spiro atoms. The van der Waals surface area contributed by atoms with E-state index in [-0.39, 0.29) is 11.9 Å². The van der Waals surface area contributed by atoms with E-state index in [1.807, 2.05) is 41.3 Å². The Balaban J connectivity index is 1.41. The minimum atomic E-state index is -0.145. The predicted molar refractivity (Wildman–Crippen MR) is 108 cm³/mol. The van der Waals surface area contributed by atoms with Crippen molar-refractivity contribution in [2.75, 3.05) is 6.54 Å². The molecule has 2 aromatic carbocycles. The first-order chi connectivity index (χ1) is 13.7. The van der Waals surface area contributed by atoms with E-state index in [9.17, 15) is 4.79 Å². The van der Waals surface area contributed by atoms with E-state index < -0.39 is 0 Å². The third-order valence-corrected chi connectivity index (χ3v) is 5.44. The van der Waals surface area contributed by atoms with Crippen molar-refractivity contribution < 1.29 is 9.32 Å². The van der Waals surface area contributed by atoms with Crippen LogP contribution in [0.3, 0.4) is 0 Å². The summed E-state index contributed by atoms with van der Waals surface area (Å²) >= 11 is 6.23. The first kappa shape index (κ1) is 18.7. The number of carbonyl (C=O) groups excluding carboxylic acids is 1. The van der Waals surface area contributed by atoms with Gasteiger partial charge < -0.3 is 9.42 Å². The summed E-state index contributed by atoms with van der Waals surface area (Å²) in [7, 11) is 0. The number of benzene rings is 2. The van der Waals surface area contributed by atoms with Crippen LogP contribution < -0.4 is 0 Å². The standard InChI is InChI=1S/C22H22ClN3O2/c23-18-12-5-4-11-17(18)21-24-22(28-25-21)19-13-7-15-26(19)20(27)14-6-10-16-8-2-1-3-9-16/h1-5,8-9,11-12,19H,6-7,10,13-15H2/t19-/m1/s1. The summed E-state index contributed by atoms with van der Waals surface area (Å²) in [4.78, 5) is 19.2. The van der Waals surface area contributed by atoms with Crippen molar-refractivity contribution in [2.45, 2.75) is 38.1 Å². The molecule has 0 N–H and O–H groups in total. The molecule has 6 heteroatoms. The summed E-state index contributed by atoms with van der Waals surface area (Å²) in [5.41, 5.74) is 1.99. The number of rotatable bonds is 6. The average molecular weight is 396 g/mol. The molecule has 2 heterocycles. The molecule has 1 amide bonds. The summed E-state index contributed by atoms with van der Waals surface area (Å²) in [6.45, 7) is 0.735. The average Bonchev–Trinajstić information content (AvgIpc) is 3.38. The van der Waals surface area contributed by atoms with Crippen LogP contribution in [0.1, 0.15) is 43.2 Å². The molecule has 1 aliphatic heterocycles. The number of halogens is 1. The molecule has 0 unspecified atom stereocenters. The quantitative estimate of drug-likeness (QED) is 0.584. The number of carbonyl (C=O) groups is 1. The van der Waals surface area contributed by atoms with Gasteiger partial charge in [-0.15, -0.1) is 0 Å². The molecule has 0 bridgehead atoms. The van der Waals surface area contributed by atoms with Crippen LogP contribution in [0.5, 0.6) is 0 Å². The van der Waals surface area contributed by atoms with Crippen molar-refractivity contribution in [3.05, 3.63) is 71.1 Å². The zero-order valence-electron chi connectivity index (χ0n) is 15.6. The number of aromatic nitrogens is 2. The minimum Gasteiger partial charge on any atom is -0.337 e. The van der Waals surface area contributed by atoms with Crippen molar-refractivity contribution >= 4 is 17.5 Å². The smallest absolute Gasteiger partial charge is 0.249 e. The fourth-order valence-electron chi connectivity index (χ4n) is 3.68. The molecule has 1 saturated heterocycles. The molecule has 4 rings (SSSR count). The van der Waals surface area contributed by atoms with Gasteiger partial charge in [-0.1, -0.05) is 59.2 Å². The lowest BCUT2D eigenvalue weighted by atomic mass is 10.1. The van der Waals surface area contributed by atoms with E-state index in [1.165, 1.54) is 5.56 Å². The Kier molecular flexibility index (Phi) is 5.72. The van der Waals surface area contributed by atoms with Gasteiger partial charge in [0.2, 0.25) is 17.6 Å². The second kappa shape index (κ2) is 8.57. The summed E-state index contributed by atoms with van der Waals surface area (Å²) in [6.07, 6.45) is 4.05. The maximum atomic E-state index is 12.8. The molecule has 28 heavy (non-hydrogen) atoms. The normalized spacial score (nSPS) is 16.5. The molecule has 3 aromatic rings. The molecular weight excluding hydrogens is 374 g/mol. The van der Waals surface area contributed by atoms with Gasteiger partial charge in [-0.05, 0) is 43.4 Å². The van der Waals surface area contributed by atoms with Gasteiger partial charge in [-0.3, -0.25) is 4.79 Å². The van der Waals surface area contributed by atoms with E-state index in [4.69, 9.17) is 16.1 Å². The van der Waals surface area contributed by atoms with Crippen molar-refractivity contribution in [1.29, 1.82) is 0 Å². The monoisotopic (exact) mass is 395 g/mol. The van der Waals surface area contributed by atoms with E-state index in [2.05, 4.69) is 22.3 Å². The van der Waals surface area contributed by atoms with Gasteiger partial charge in [-0.2, -0.15) is 4.98 Å². The zero-order chi connectivity index (χ0) is 19.3. The summed E-state index contributed by atoms with van der Waals surface area (Å²) in [6, 6.07) is 17.5. The maximum Gasteiger partial charge on any atom is 0.249 e. The second-order valence-corrected chi connectivity index (χ2v) is 7.43. The Hall–Kier alpha value is -2.66. The summed E-state index contributed by atoms with van der Waals surface area (Å²) in [5.74, 6) is 1.10. The minimum absolute atomic E-state index is 0.145. The molecular formula is C22H22ClN3O2. The largest absolute Gasteiger partial charge is 0.337 e. The van der Waals surface area contributed by atoms with Crippen LogP contribution in [0.15, 0.2) is 59.1 Å². The van der Waals surface area contributed by atoms with Crippen LogP contribution >= 0.6 is 11.6 Å². The lowest BCUT2D eigenvalue weighted by Gasteiger charge is -2.21. The molecule has 1 fully saturated rings. The lowest BCUT2D eigenvalue weighted by Crippen LogP contribution is -2.30. The molecule has 0 aliphatic carbocycles. The highest BCUT2D eigenvalue weighted by atomic mass is 35.5. The number of likely N-dealkylation sites (tertiary alicyclic amines) is 1. The van der Waals surface area contributed by atoms with Gasteiger partial charge >= 0.3 is 0 Å². The van der Waals surface area contributed by atoms with Crippen LogP contribution in [-0.2, 0) is 11.2 Å². The van der Waals surface area contributed by atoms with Crippen molar-refractivity contribution in [3.8, 4) is 11.4 Å². The summed E-state index contributed by atoms with van der Waals surface area (Å²) < 4.78 is 5.50. The highest BCUT2D eigenvalue weighted by Gasteiger charge is 2.33.